The molecule has 0 atom stereocenters. The van der Waals surface area contributed by atoms with E-state index in [9.17, 15) is 22.8 Å². The highest BCUT2D eigenvalue weighted by Gasteiger charge is 2.33. The predicted molar refractivity (Wildman–Crippen MR) is 93.3 cm³/mol. The van der Waals surface area contributed by atoms with Crippen LogP contribution in [0.1, 0.15) is 26.4 Å². The number of anilines is 1. The lowest BCUT2D eigenvalue weighted by molar-refractivity contribution is -0.137. The van der Waals surface area contributed by atoms with E-state index in [0.29, 0.717) is 0 Å². The summed E-state index contributed by atoms with van der Waals surface area (Å²) < 4.78 is 39.4. The SMILES string of the molecule is NC(=O)c1ccc(C(=O)Nc2nc(-c3ccccc3C(F)(F)F)cs2)nc1. The van der Waals surface area contributed by atoms with Gasteiger partial charge in [-0.15, -0.1) is 11.3 Å². The van der Waals surface area contributed by atoms with Crippen LogP contribution in [0.25, 0.3) is 11.3 Å². The fourth-order valence-electron chi connectivity index (χ4n) is 2.24. The Morgan fingerprint density at radius 2 is 1.85 bits per heavy atom. The second-order valence-corrected chi connectivity index (χ2v) is 6.19. The molecule has 0 aliphatic carbocycles. The number of aromatic nitrogens is 2. The van der Waals surface area contributed by atoms with Crippen LogP contribution in [0.15, 0.2) is 48.0 Å². The Kier molecular flexibility index (Phi) is 4.91. The highest BCUT2D eigenvalue weighted by molar-refractivity contribution is 7.14. The van der Waals surface area contributed by atoms with Crippen molar-refractivity contribution in [2.75, 3.05) is 5.32 Å². The van der Waals surface area contributed by atoms with E-state index < -0.39 is 23.6 Å². The van der Waals surface area contributed by atoms with Gasteiger partial charge in [-0.3, -0.25) is 19.9 Å². The van der Waals surface area contributed by atoms with E-state index in [1.54, 1.807) is 0 Å². The van der Waals surface area contributed by atoms with E-state index in [4.69, 9.17) is 5.73 Å². The van der Waals surface area contributed by atoms with E-state index in [-0.39, 0.29) is 27.6 Å². The zero-order chi connectivity index (χ0) is 19.6. The van der Waals surface area contributed by atoms with Gasteiger partial charge in [0.05, 0.1) is 16.8 Å². The topological polar surface area (TPSA) is 98.0 Å². The smallest absolute Gasteiger partial charge is 0.366 e. The van der Waals surface area contributed by atoms with Crippen molar-refractivity contribution in [2.24, 2.45) is 5.73 Å². The molecule has 0 fully saturated rings. The maximum atomic E-state index is 13.1. The highest BCUT2D eigenvalue weighted by Crippen LogP contribution is 2.37. The van der Waals surface area contributed by atoms with Crippen molar-refractivity contribution in [3.05, 3.63) is 64.8 Å². The fourth-order valence-corrected chi connectivity index (χ4v) is 2.95. The third kappa shape index (κ3) is 4.11. The molecule has 2 amide bonds. The number of hydrogen-bond donors (Lipinski definition) is 2. The molecule has 10 heteroatoms. The Hall–Kier alpha value is -3.27. The van der Waals surface area contributed by atoms with Crippen molar-refractivity contribution < 1.29 is 22.8 Å². The number of alkyl halides is 3. The molecule has 0 saturated heterocycles. The van der Waals surface area contributed by atoms with Crippen LogP contribution in [0.2, 0.25) is 0 Å². The minimum atomic E-state index is -4.52. The molecule has 138 valence electrons. The average Bonchev–Trinajstić information content (AvgIpc) is 3.09. The van der Waals surface area contributed by atoms with Crippen LogP contribution in [0.5, 0.6) is 0 Å². The van der Waals surface area contributed by atoms with E-state index >= 15 is 0 Å². The lowest BCUT2D eigenvalue weighted by atomic mass is 10.1. The quantitative estimate of drug-likeness (QED) is 0.709. The number of carbonyl (C=O) groups excluding carboxylic acids is 2. The number of primary amides is 1. The van der Waals surface area contributed by atoms with E-state index in [0.717, 1.165) is 23.6 Å². The molecule has 0 spiro atoms. The molecule has 2 aromatic heterocycles. The van der Waals surface area contributed by atoms with Crippen LogP contribution >= 0.6 is 11.3 Å². The van der Waals surface area contributed by atoms with E-state index in [2.05, 4.69) is 15.3 Å². The summed E-state index contributed by atoms with van der Waals surface area (Å²) in [5, 5.41) is 4.00. The zero-order valence-corrected chi connectivity index (χ0v) is 14.3. The number of nitrogens with two attached hydrogens (primary N) is 1. The highest BCUT2D eigenvalue weighted by atomic mass is 32.1. The van der Waals surface area contributed by atoms with Gasteiger partial charge in [0.15, 0.2) is 5.13 Å². The molecule has 27 heavy (non-hydrogen) atoms. The average molecular weight is 392 g/mol. The number of rotatable bonds is 4. The molecule has 3 aromatic rings. The molecule has 3 N–H and O–H groups in total. The lowest BCUT2D eigenvalue weighted by Crippen LogP contribution is -2.15. The summed E-state index contributed by atoms with van der Waals surface area (Å²) in [5.41, 5.74) is 4.46. The maximum absolute atomic E-state index is 13.1. The second kappa shape index (κ2) is 7.16. The monoisotopic (exact) mass is 392 g/mol. The van der Waals surface area contributed by atoms with Crippen LogP contribution in [0.4, 0.5) is 18.3 Å². The largest absolute Gasteiger partial charge is 0.417 e. The number of benzene rings is 1. The van der Waals surface area contributed by atoms with Crippen molar-refractivity contribution >= 4 is 28.3 Å². The normalized spacial score (nSPS) is 11.2. The molecule has 0 saturated carbocycles. The molecule has 0 bridgehead atoms. The Labute approximate surface area is 154 Å². The number of pyridine rings is 1. The Balaban J connectivity index is 1.81. The molecule has 0 aliphatic rings. The van der Waals surface area contributed by atoms with Gasteiger partial charge in [0, 0.05) is 17.1 Å². The summed E-state index contributed by atoms with van der Waals surface area (Å²) in [6.07, 6.45) is -3.36. The number of nitrogens with zero attached hydrogens (tertiary/aromatic N) is 2. The number of halogens is 3. The summed E-state index contributed by atoms with van der Waals surface area (Å²) >= 11 is 0.982. The van der Waals surface area contributed by atoms with Crippen molar-refractivity contribution in [1.82, 2.24) is 9.97 Å². The van der Waals surface area contributed by atoms with Crippen LogP contribution in [0, 0.1) is 0 Å². The van der Waals surface area contributed by atoms with Gasteiger partial charge in [0.1, 0.15) is 5.69 Å². The number of nitrogens with one attached hydrogen (secondary N) is 1. The molecule has 6 nitrogen and oxygen atoms in total. The second-order valence-electron chi connectivity index (χ2n) is 5.33. The van der Waals surface area contributed by atoms with Crippen molar-refractivity contribution in [3.8, 4) is 11.3 Å². The third-order valence-electron chi connectivity index (χ3n) is 3.51. The van der Waals surface area contributed by atoms with E-state index in [1.165, 1.54) is 35.7 Å². The van der Waals surface area contributed by atoms with Gasteiger partial charge in [-0.1, -0.05) is 18.2 Å². The van der Waals surface area contributed by atoms with Crippen LogP contribution in [-0.2, 0) is 6.18 Å². The Morgan fingerprint density at radius 3 is 2.48 bits per heavy atom. The molecule has 1 aromatic carbocycles. The summed E-state index contributed by atoms with van der Waals surface area (Å²) in [6, 6.07) is 7.71. The van der Waals surface area contributed by atoms with Crippen molar-refractivity contribution in [2.45, 2.75) is 6.18 Å². The number of thiazole rings is 1. The van der Waals surface area contributed by atoms with Gasteiger partial charge in [0.25, 0.3) is 5.91 Å². The van der Waals surface area contributed by atoms with Crippen LogP contribution < -0.4 is 11.1 Å². The molecule has 3 rings (SSSR count). The van der Waals surface area contributed by atoms with Crippen LogP contribution in [0.3, 0.4) is 0 Å². The van der Waals surface area contributed by atoms with Crippen molar-refractivity contribution in [3.63, 3.8) is 0 Å². The van der Waals surface area contributed by atoms with Crippen molar-refractivity contribution in [1.29, 1.82) is 0 Å². The molecule has 2 heterocycles. The number of amides is 2. The predicted octanol–water partition coefficient (Wildman–Crippen LogP) is 3.58. The summed E-state index contributed by atoms with van der Waals surface area (Å²) in [7, 11) is 0. The standard InChI is InChI=1S/C17H11F3N4O2S/c18-17(19,20)11-4-2-1-3-10(11)13-8-27-16(23-13)24-15(26)12-6-5-9(7-22-12)14(21)25/h1-8H,(H2,21,25)(H,23,24,26). The third-order valence-corrected chi connectivity index (χ3v) is 4.27. The summed E-state index contributed by atoms with van der Waals surface area (Å²) in [6.45, 7) is 0. The van der Waals surface area contributed by atoms with Gasteiger partial charge in [0.2, 0.25) is 5.91 Å². The first-order valence-electron chi connectivity index (χ1n) is 7.45. The molecule has 0 unspecified atom stereocenters. The van der Waals surface area contributed by atoms with Gasteiger partial charge >= 0.3 is 6.18 Å². The summed E-state index contributed by atoms with van der Waals surface area (Å²) in [5.74, 6) is -1.29. The lowest BCUT2D eigenvalue weighted by Gasteiger charge is -2.10. The van der Waals surface area contributed by atoms with Gasteiger partial charge in [-0.2, -0.15) is 13.2 Å². The number of hydrogen-bond acceptors (Lipinski definition) is 5. The zero-order valence-electron chi connectivity index (χ0n) is 13.4. The first-order valence-corrected chi connectivity index (χ1v) is 8.33. The molecule has 0 aliphatic heterocycles. The van der Waals surface area contributed by atoms with E-state index in [1.807, 2.05) is 0 Å². The van der Waals surface area contributed by atoms with Crippen LogP contribution in [-0.4, -0.2) is 21.8 Å². The minimum Gasteiger partial charge on any atom is -0.366 e. The fraction of sp³-hybridized carbons (Fsp3) is 0.0588. The molecule has 0 radical (unpaired) electrons. The first kappa shape index (κ1) is 18.5. The van der Waals surface area contributed by atoms with Gasteiger partial charge < -0.3 is 5.73 Å². The van der Waals surface area contributed by atoms with Gasteiger partial charge in [-0.05, 0) is 18.2 Å². The Morgan fingerprint density at radius 1 is 1.11 bits per heavy atom. The molecular weight excluding hydrogens is 381 g/mol. The Bertz CT molecular complexity index is 1000. The summed E-state index contributed by atoms with van der Waals surface area (Å²) in [4.78, 5) is 31.0. The maximum Gasteiger partial charge on any atom is 0.417 e. The minimum absolute atomic E-state index is 0.00689. The molecular formula is C17H11F3N4O2S. The number of carbonyl (C=O) groups is 2. The van der Waals surface area contributed by atoms with Gasteiger partial charge in [-0.25, -0.2) is 4.98 Å². The first-order chi connectivity index (χ1) is 12.8.